The Morgan fingerprint density at radius 1 is 1.30 bits per heavy atom. The number of carbonyl (C=O) groups excluding carboxylic acids is 1. The van der Waals surface area contributed by atoms with Gasteiger partial charge in [-0.25, -0.2) is 5.43 Å². The molecule has 140 valence electrons. The van der Waals surface area contributed by atoms with Gasteiger partial charge < -0.3 is 9.47 Å². The highest BCUT2D eigenvalue weighted by atomic mass is 16.5. The van der Waals surface area contributed by atoms with Crippen LogP contribution in [0.15, 0.2) is 47.6 Å². The van der Waals surface area contributed by atoms with Gasteiger partial charge in [-0.3, -0.25) is 4.79 Å². The normalized spacial score (nSPS) is 10.4. The van der Waals surface area contributed by atoms with Crippen molar-refractivity contribution < 1.29 is 14.3 Å². The fourth-order valence-corrected chi connectivity index (χ4v) is 2.57. The molecule has 0 atom stereocenters. The molecule has 0 saturated heterocycles. The highest BCUT2D eigenvalue weighted by Gasteiger charge is 2.04. The smallest absolute Gasteiger partial charge is 0.240 e. The third kappa shape index (κ3) is 6.48. The summed E-state index contributed by atoms with van der Waals surface area (Å²) >= 11 is 0. The van der Waals surface area contributed by atoms with Crippen molar-refractivity contribution in [1.29, 1.82) is 5.26 Å². The molecule has 1 amide bonds. The van der Waals surface area contributed by atoms with E-state index in [1.165, 1.54) is 11.8 Å². The average molecular weight is 365 g/mol. The summed E-state index contributed by atoms with van der Waals surface area (Å²) in [7, 11) is 1.65. The van der Waals surface area contributed by atoms with Crippen LogP contribution in [0, 0.1) is 18.3 Å². The van der Waals surface area contributed by atoms with E-state index in [0.29, 0.717) is 17.7 Å². The van der Waals surface area contributed by atoms with E-state index in [-0.39, 0.29) is 12.5 Å². The molecule has 0 heterocycles. The second-order valence-electron chi connectivity index (χ2n) is 5.92. The maximum absolute atomic E-state index is 11.9. The number of hydrogen-bond donors (Lipinski definition) is 1. The lowest BCUT2D eigenvalue weighted by molar-refractivity contribution is -0.121. The van der Waals surface area contributed by atoms with Gasteiger partial charge in [0.15, 0.2) is 6.61 Å². The van der Waals surface area contributed by atoms with E-state index in [1.54, 1.807) is 19.2 Å². The minimum atomic E-state index is -0.146. The Balaban J connectivity index is 1.80. The number of benzene rings is 2. The van der Waals surface area contributed by atoms with Crippen LogP contribution in [-0.2, 0) is 11.2 Å². The first-order chi connectivity index (χ1) is 13.1. The van der Waals surface area contributed by atoms with Crippen LogP contribution in [0.25, 0.3) is 0 Å². The maximum atomic E-state index is 11.9. The minimum absolute atomic E-state index is 0.0397. The summed E-state index contributed by atoms with van der Waals surface area (Å²) in [5, 5.41) is 12.6. The first-order valence-corrected chi connectivity index (χ1v) is 8.68. The molecule has 2 rings (SSSR count). The fourth-order valence-electron chi connectivity index (χ4n) is 2.57. The number of hydrogen-bond acceptors (Lipinski definition) is 5. The lowest BCUT2D eigenvalue weighted by atomic mass is 10.0. The summed E-state index contributed by atoms with van der Waals surface area (Å²) in [6, 6.07) is 15.1. The van der Waals surface area contributed by atoms with Crippen molar-refractivity contribution in [3.63, 3.8) is 0 Å². The molecule has 0 fully saturated rings. The second-order valence-corrected chi connectivity index (χ2v) is 5.92. The van der Waals surface area contributed by atoms with Crippen molar-refractivity contribution in [3.05, 3.63) is 59.2 Å². The summed E-state index contributed by atoms with van der Waals surface area (Å²) in [6.07, 6.45) is 3.45. The van der Waals surface area contributed by atoms with Crippen molar-refractivity contribution >= 4 is 12.1 Å². The quantitative estimate of drug-likeness (QED) is 0.545. The van der Waals surface area contributed by atoms with E-state index in [9.17, 15) is 4.79 Å². The highest BCUT2D eigenvalue weighted by molar-refractivity contribution is 5.85. The molecule has 2 aromatic carbocycles. The first-order valence-electron chi connectivity index (χ1n) is 8.68. The van der Waals surface area contributed by atoms with E-state index >= 15 is 0 Å². The van der Waals surface area contributed by atoms with Gasteiger partial charge in [0.2, 0.25) is 5.91 Å². The lowest BCUT2D eigenvalue weighted by Crippen LogP contribution is -2.17. The largest absolute Gasteiger partial charge is 0.497 e. The topological polar surface area (TPSA) is 83.7 Å². The van der Waals surface area contributed by atoms with Crippen molar-refractivity contribution in [1.82, 2.24) is 5.43 Å². The Morgan fingerprint density at radius 3 is 2.85 bits per heavy atom. The number of methoxy groups -OCH3 is 1. The minimum Gasteiger partial charge on any atom is -0.497 e. The first kappa shape index (κ1) is 20.0. The molecule has 0 aromatic heterocycles. The Morgan fingerprint density at radius 2 is 2.11 bits per heavy atom. The lowest BCUT2D eigenvalue weighted by Gasteiger charge is -2.08. The zero-order valence-corrected chi connectivity index (χ0v) is 15.6. The van der Waals surface area contributed by atoms with Gasteiger partial charge in [-0.15, -0.1) is 0 Å². The number of nitrogens with zero attached hydrogens (tertiary/aromatic N) is 2. The van der Waals surface area contributed by atoms with Crippen LogP contribution in [0.4, 0.5) is 0 Å². The molecule has 0 aliphatic rings. The van der Waals surface area contributed by atoms with Crippen molar-refractivity contribution in [2.45, 2.75) is 26.2 Å². The molecule has 6 heteroatoms. The number of para-hydroxylation sites is 1. The van der Waals surface area contributed by atoms with Crippen LogP contribution in [0.2, 0.25) is 0 Å². The van der Waals surface area contributed by atoms with Crippen LogP contribution in [0.3, 0.4) is 0 Å². The van der Waals surface area contributed by atoms with E-state index in [1.807, 2.05) is 43.3 Å². The average Bonchev–Trinajstić information content (AvgIpc) is 2.68. The SMILES string of the molecule is COc1ccc(CCCC(=O)N/N=C/c2ccccc2OCC#N)c(C)c1. The standard InChI is InChI=1S/C21H23N3O3/c1-16-14-19(26-2)11-10-17(16)7-5-9-21(25)24-23-15-18-6-3-4-8-20(18)27-13-12-22/h3-4,6,8,10-11,14-15H,5,7,9,13H2,1-2H3,(H,24,25)/b23-15+. The third-order valence-corrected chi connectivity index (χ3v) is 4.00. The zero-order valence-electron chi connectivity index (χ0n) is 15.6. The number of hydrazone groups is 1. The molecule has 0 bridgehead atoms. The predicted molar refractivity (Wildman–Crippen MR) is 104 cm³/mol. The molecule has 6 nitrogen and oxygen atoms in total. The van der Waals surface area contributed by atoms with Crippen LogP contribution in [0.1, 0.15) is 29.5 Å². The summed E-state index contributed by atoms with van der Waals surface area (Å²) in [5.41, 5.74) is 5.58. The zero-order chi connectivity index (χ0) is 19.5. The van der Waals surface area contributed by atoms with Crippen LogP contribution in [0.5, 0.6) is 11.5 Å². The Labute approximate surface area is 159 Å². The van der Waals surface area contributed by atoms with Gasteiger partial charge in [0, 0.05) is 12.0 Å². The van der Waals surface area contributed by atoms with Gasteiger partial charge in [-0.2, -0.15) is 10.4 Å². The van der Waals surface area contributed by atoms with E-state index < -0.39 is 0 Å². The number of nitrogens with one attached hydrogen (secondary N) is 1. The van der Waals surface area contributed by atoms with Crippen LogP contribution >= 0.6 is 0 Å². The molecule has 0 unspecified atom stereocenters. The summed E-state index contributed by atoms with van der Waals surface area (Å²) < 4.78 is 10.5. The molecular weight excluding hydrogens is 342 g/mol. The molecule has 27 heavy (non-hydrogen) atoms. The van der Waals surface area contributed by atoms with Crippen LogP contribution < -0.4 is 14.9 Å². The molecule has 0 radical (unpaired) electrons. The van der Waals surface area contributed by atoms with Gasteiger partial charge in [0.05, 0.1) is 13.3 Å². The Bertz CT molecular complexity index is 841. The van der Waals surface area contributed by atoms with Gasteiger partial charge in [-0.05, 0) is 55.2 Å². The Kier molecular flexibility index (Phi) is 7.86. The summed E-state index contributed by atoms with van der Waals surface area (Å²) in [5.74, 6) is 1.24. The number of carbonyl (C=O) groups is 1. The fraction of sp³-hybridized carbons (Fsp3) is 0.286. The highest BCUT2D eigenvalue weighted by Crippen LogP contribution is 2.18. The van der Waals surface area contributed by atoms with Crippen LogP contribution in [-0.4, -0.2) is 25.8 Å². The molecule has 1 N–H and O–H groups in total. The third-order valence-electron chi connectivity index (χ3n) is 4.00. The number of aryl methyl sites for hydroxylation is 2. The van der Waals surface area contributed by atoms with Gasteiger partial charge in [0.1, 0.15) is 17.6 Å². The molecule has 0 saturated carbocycles. The van der Waals surface area contributed by atoms with Crippen molar-refractivity contribution in [2.24, 2.45) is 5.10 Å². The number of rotatable bonds is 9. The van der Waals surface area contributed by atoms with Crippen molar-refractivity contribution in [2.75, 3.05) is 13.7 Å². The maximum Gasteiger partial charge on any atom is 0.240 e. The summed E-state index contributed by atoms with van der Waals surface area (Å²) in [6.45, 7) is 2.00. The summed E-state index contributed by atoms with van der Waals surface area (Å²) in [4.78, 5) is 11.9. The van der Waals surface area contributed by atoms with Gasteiger partial charge in [0.25, 0.3) is 0 Å². The van der Waals surface area contributed by atoms with E-state index in [0.717, 1.165) is 24.2 Å². The van der Waals surface area contributed by atoms with Gasteiger partial charge in [-0.1, -0.05) is 18.2 Å². The molecular formula is C21H23N3O3. The van der Waals surface area contributed by atoms with E-state index in [4.69, 9.17) is 14.7 Å². The van der Waals surface area contributed by atoms with Crippen molar-refractivity contribution in [3.8, 4) is 17.6 Å². The molecule has 0 aliphatic carbocycles. The van der Waals surface area contributed by atoms with E-state index in [2.05, 4.69) is 10.5 Å². The predicted octanol–water partition coefficient (Wildman–Crippen LogP) is 3.38. The monoisotopic (exact) mass is 365 g/mol. The van der Waals surface area contributed by atoms with Gasteiger partial charge >= 0.3 is 0 Å². The molecule has 0 aliphatic heterocycles. The number of nitriles is 1. The Hall–Kier alpha value is -3.33. The number of ether oxygens (including phenoxy) is 2. The number of amides is 1. The second kappa shape index (κ2) is 10.6. The molecule has 0 spiro atoms. The molecule has 2 aromatic rings.